The van der Waals surface area contributed by atoms with Crippen LogP contribution in [-0.2, 0) is 6.54 Å². The molecule has 0 radical (unpaired) electrons. The number of aromatic nitrogens is 2. The van der Waals surface area contributed by atoms with E-state index in [0.29, 0.717) is 0 Å². The molecule has 1 heterocycles. The molecule has 0 atom stereocenters. The highest BCUT2D eigenvalue weighted by molar-refractivity contribution is 9.10. The zero-order valence-corrected chi connectivity index (χ0v) is 7.74. The van der Waals surface area contributed by atoms with Crippen LogP contribution in [0.15, 0.2) is 10.7 Å². The predicted molar refractivity (Wildman–Crippen MR) is 42.6 cm³/mol. The van der Waals surface area contributed by atoms with Crippen molar-refractivity contribution in [1.29, 1.82) is 0 Å². The highest BCUT2D eigenvalue weighted by Gasteiger charge is 2.19. The Hall–Kier alpha value is -1.05. The zero-order valence-electron chi connectivity index (χ0n) is 6.15. The Labute approximate surface area is 79.6 Å². The van der Waals surface area contributed by atoms with E-state index >= 15 is 0 Å². The fourth-order valence-corrected chi connectivity index (χ4v) is 1.21. The average molecular weight is 256 g/mol. The maximum absolute atomic E-state index is 11.8. The molecule has 0 amide bonds. The molecule has 0 unspecified atom stereocenters. The first kappa shape index (κ1) is 10.0. The van der Waals surface area contributed by atoms with E-state index in [-0.39, 0.29) is 4.47 Å². The molecule has 8 heteroatoms. The quantitative estimate of drug-likeness (QED) is 0.612. The van der Waals surface area contributed by atoms with Crippen LogP contribution in [0.1, 0.15) is 0 Å². The topological polar surface area (TPSA) is 61.0 Å². The van der Waals surface area contributed by atoms with E-state index in [9.17, 15) is 18.9 Å². The summed E-state index contributed by atoms with van der Waals surface area (Å²) in [6, 6.07) is 0. The Kier molecular flexibility index (Phi) is 2.91. The lowest BCUT2D eigenvalue weighted by atomic mass is 10.6. The highest BCUT2D eigenvalue weighted by atomic mass is 79.9. The van der Waals surface area contributed by atoms with Gasteiger partial charge in [0.05, 0.1) is 11.3 Å². The van der Waals surface area contributed by atoms with Gasteiger partial charge < -0.3 is 10.1 Å². The molecular formula is C5H4BrF2N3O2. The standard InChI is InChI=1S/C5H4BrF2N3O2/c6-3-1-10(2-4(7)8)9-5(3)11(12)13/h1,4H,2H2. The number of nitro groups is 1. The van der Waals surface area contributed by atoms with E-state index in [2.05, 4.69) is 21.0 Å². The minimum atomic E-state index is -2.58. The zero-order chi connectivity index (χ0) is 10.0. The van der Waals surface area contributed by atoms with Gasteiger partial charge in [-0.2, -0.15) is 4.68 Å². The van der Waals surface area contributed by atoms with E-state index in [1.54, 1.807) is 0 Å². The van der Waals surface area contributed by atoms with Crippen molar-refractivity contribution in [3.05, 3.63) is 20.8 Å². The van der Waals surface area contributed by atoms with Crippen molar-refractivity contribution in [2.24, 2.45) is 0 Å². The van der Waals surface area contributed by atoms with Gasteiger partial charge in [-0.3, -0.25) is 0 Å². The lowest BCUT2D eigenvalue weighted by Crippen LogP contribution is -2.07. The van der Waals surface area contributed by atoms with Gasteiger partial charge in [-0.15, -0.1) is 0 Å². The Bertz CT molecular complexity index is 328. The highest BCUT2D eigenvalue weighted by Crippen LogP contribution is 2.22. The van der Waals surface area contributed by atoms with Crippen LogP contribution in [-0.4, -0.2) is 21.1 Å². The Balaban J connectivity index is 2.89. The molecular weight excluding hydrogens is 252 g/mol. The summed E-state index contributed by atoms with van der Waals surface area (Å²) >= 11 is 2.84. The van der Waals surface area contributed by atoms with Gasteiger partial charge in [-0.1, -0.05) is 0 Å². The molecule has 0 aliphatic rings. The molecule has 72 valence electrons. The van der Waals surface area contributed by atoms with Gasteiger partial charge in [0.15, 0.2) is 0 Å². The summed E-state index contributed by atoms with van der Waals surface area (Å²) in [4.78, 5) is 9.49. The second kappa shape index (κ2) is 3.77. The molecule has 5 nitrogen and oxygen atoms in total. The van der Waals surface area contributed by atoms with Crippen molar-refractivity contribution in [3.63, 3.8) is 0 Å². The van der Waals surface area contributed by atoms with Crippen LogP contribution < -0.4 is 0 Å². The smallest absolute Gasteiger partial charge is 0.358 e. The van der Waals surface area contributed by atoms with Gasteiger partial charge in [-0.05, 0) is 20.9 Å². The van der Waals surface area contributed by atoms with Gasteiger partial charge in [0.1, 0.15) is 11.0 Å². The Morgan fingerprint density at radius 3 is 2.77 bits per heavy atom. The molecule has 0 saturated heterocycles. The first-order chi connectivity index (χ1) is 6.00. The van der Waals surface area contributed by atoms with Crippen molar-refractivity contribution in [2.75, 3.05) is 0 Å². The largest absolute Gasteiger partial charge is 0.404 e. The molecule has 0 saturated carbocycles. The predicted octanol–water partition coefficient (Wildman–Crippen LogP) is 1.82. The van der Waals surface area contributed by atoms with Crippen LogP contribution in [0.3, 0.4) is 0 Å². The number of alkyl halides is 2. The number of rotatable bonds is 3. The SMILES string of the molecule is O=[N+]([O-])c1nn(CC(F)F)cc1Br. The third-order valence-corrected chi connectivity index (χ3v) is 1.76. The summed E-state index contributed by atoms with van der Waals surface area (Å²) in [6.07, 6.45) is -1.43. The number of halogens is 3. The average Bonchev–Trinajstić information content (AvgIpc) is 2.29. The van der Waals surface area contributed by atoms with E-state index in [1.165, 1.54) is 0 Å². The van der Waals surface area contributed by atoms with E-state index in [0.717, 1.165) is 10.9 Å². The van der Waals surface area contributed by atoms with Gasteiger partial charge >= 0.3 is 5.82 Å². The molecule has 1 aromatic heterocycles. The van der Waals surface area contributed by atoms with Crippen LogP contribution in [0.5, 0.6) is 0 Å². The molecule has 0 bridgehead atoms. The van der Waals surface area contributed by atoms with E-state index < -0.39 is 23.7 Å². The maximum atomic E-state index is 11.8. The number of nitrogens with zero attached hydrogens (tertiary/aromatic N) is 3. The summed E-state index contributed by atoms with van der Waals surface area (Å²) in [6.45, 7) is -0.646. The molecule has 0 aromatic carbocycles. The second-order valence-corrected chi connectivity index (χ2v) is 3.03. The molecule has 0 spiro atoms. The van der Waals surface area contributed by atoms with Gasteiger partial charge in [0, 0.05) is 0 Å². The monoisotopic (exact) mass is 255 g/mol. The molecule has 13 heavy (non-hydrogen) atoms. The fraction of sp³-hybridized carbons (Fsp3) is 0.400. The van der Waals surface area contributed by atoms with Gasteiger partial charge in [-0.25, -0.2) is 8.78 Å². The fourth-order valence-electron chi connectivity index (χ4n) is 0.746. The first-order valence-electron chi connectivity index (χ1n) is 3.16. The second-order valence-electron chi connectivity index (χ2n) is 2.17. The third kappa shape index (κ3) is 2.44. The normalized spacial score (nSPS) is 10.8. The number of hydrogen-bond acceptors (Lipinski definition) is 3. The summed E-state index contributed by atoms with van der Waals surface area (Å²) in [5.41, 5.74) is 0. The first-order valence-corrected chi connectivity index (χ1v) is 3.95. The molecule has 1 aromatic rings. The van der Waals surface area contributed by atoms with Crippen molar-refractivity contribution >= 4 is 21.7 Å². The van der Waals surface area contributed by atoms with E-state index in [1.807, 2.05) is 0 Å². The summed E-state index contributed by atoms with van der Waals surface area (Å²) < 4.78 is 24.6. The maximum Gasteiger partial charge on any atom is 0.404 e. The van der Waals surface area contributed by atoms with Crippen molar-refractivity contribution < 1.29 is 13.7 Å². The molecule has 0 N–H and O–H groups in total. The lowest BCUT2D eigenvalue weighted by molar-refractivity contribution is -0.390. The van der Waals surface area contributed by atoms with E-state index in [4.69, 9.17) is 0 Å². The molecule has 0 fully saturated rings. The minimum Gasteiger partial charge on any atom is -0.358 e. The number of hydrogen-bond donors (Lipinski definition) is 0. The van der Waals surface area contributed by atoms with Crippen LogP contribution >= 0.6 is 15.9 Å². The van der Waals surface area contributed by atoms with Crippen LogP contribution in [0.2, 0.25) is 0 Å². The summed E-state index contributed by atoms with van der Waals surface area (Å²) in [5.74, 6) is -0.458. The summed E-state index contributed by atoms with van der Waals surface area (Å²) in [5, 5.41) is 13.6. The Morgan fingerprint density at radius 1 is 1.77 bits per heavy atom. The van der Waals surface area contributed by atoms with Crippen LogP contribution in [0, 0.1) is 10.1 Å². The lowest BCUT2D eigenvalue weighted by Gasteiger charge is -1.92. The van der Waals surface area contributed by atoms with Crippen molar-refractivity contribution in [1.82, 2.24) is 9.78 Å². The molecule has 0 aliphatic carbocycles. The summed E-state index contributed by atoms with van der Waals surface area (Å²) in [7, 11) is 0. The van der Waals surface area contributed by atoms with Crippen molar-refractivity contribution in [3.8, 4) is 0 Å². The van der Waals surface area contributed by atoms with Crippen LogP contribution in [0.25, 0.3) is 0 Å². The Morgan fingerprint density at radius 2 is 2.38 bits per heavy atom. The minimum absolute atomic E-state index is 0.0955. The third-order valence-electron chi connectivity index (χ3n) is 1.20. The van der Waals surface area contributed by atoms with Crippen LogP contribution in [0.4, 0.5) is 14.6 Å². The van der Waals surface area contributed by atoms with Gasteiger partial charge in [0.2, 0.25) is 0 Å². The van der Waals surface area contributed by atoms with Gasteiger partial charge in [0.25, 0.3) is 6.43 Å². The molecule has 1 rings (SSSR count). The molecule has 0 aliphatic heterocycles. The van der Waals surface area contributed by atoms with Crippen molar-refractivity contribution in [2.45, 2.75) is 13.0 Å².